The van der Waals surface area contributed by atoms with Crippen LogP contribution in [0.1, 0.15) is 43.5 Å². The molecule has 0 spiro atoms. The van der Waals surface area contributed by atoms with Crippen molar-refractivity contribution in [3.8, 4) is 11.5 Å². The van der Waals surface area contributed by atoms with E-state index in [-0.39, 0.29) is 10.8 Å². The van der Waals surface area contributed by atoms with Gasteiger partial charge in [-0.15, -0.1) is 11.6 Å². The number of halogens is 2. The smallest absolute Gasteiger partial charge is 0.141 e. The van der Waals surface area contributed by atoms with Gasteiger partial charge >= 0.3 is 0 Å². The van der Waals surface area contributed by atoms with Crippen molar-refractivity contribution in [3.63, 3.8) is 0 Å². The van der Waals surface area contributed by atoms with Gasteiger partial charge in [-0.2, -0.15) is 0 Å². The van der Waals surface area contributed by atoms with Crippen LogP contribution in [-0.2, 0) is 0 Å². The zero-order valence-electron chi connectivity index (χ0n) is 11.6. The van der Waals surface area contributed by atoms with Crippen LogP contribution in [0.15, 0.2) is 16.6 Å². The predicted octanol–water partition coefficient (Wildman–Crippen LogP) is 5.33. The topological polar surface area (TPSA) is 18.5 Å². The molecule has 1 aromatic carbocycles. The second-order valence-electron chi connectivity index (χ2n) is 5.43. The van der Waals surface area contributed by atoms with Gasteiger partial charge in [-0.25, -0.2) is 0 Å². The Labute approximate surface area is 128 Å². The molecule has 0 aromatic heterocycles. The van der Waals surface area contributed by atoms with E-state index in [2.05, 4.69) is 22.9 Å². The van der Waals surface area contributed by atoms with E-state index in [1.807, 2.05) is 12.1 Å². The molecule has 0 radical (unpaired) electrons. The van der Waals surface area contributed by atoms with Crippen LogP contribution in [0, 0.1) is 5.41 Å². The molecule has 2 nitrogen and oxygen atoms in total. The molecule has 1 atom stereocenters. The molecule has 0 N–H and O–H groups in total. The summed E-state index contributed by atoms with van der Waals surface area (Å²) in [4.78, 5) is 0. The highest BCUT2D eigenvalue weighted by molar-refractivity contribution is 9.10. The molecule has 1 aromatic rings. The zero-order valence-corrected chi connectivity index (χ0v) is 14.0. The molecule has 0 bridgehead atoms. The molecule has 1 fully saturated rings. The average molecular weight is 348 g/mol. The van der Waals surface area contributed by atoms with Crippen LogP contribution >= 0.6 is 27.5 Å². The fourth-order valence-electron chi connectivity index (χ4n) is 2.93. The lowest BCUT2D eigenvalue weighted by Crippen LogP contribution is -2.18. The first-order chi connectivity index (χ1) is 9.03. The Morgan fingerprint density at radius 2 is 1.84 bits per heavy atom. The molecule has 106 valence electrons. The number of ether oxygens (including phenoxy) is 2. The Bertz CT molecular complexity index is 456. The minimum Gasteiger partial charge on any atom is -0.495 e. The summed E-state index contributed by atoms with van der Waals surface area (Å²) in [6.45, 7) is 2.27. The van der Waals surface area contributed by atoms with Crippen molar-refractivity contribution < 1.29 is 9.47 Å². The van der Waals surface area contributed by atoms with Gasteiger partial charge in [0.15, 0.2) is 0 Å². The second kappa shape index (κ2) is 5.92. The monoisotopic (exact) mass is 346 g/mol. The first-order valence-corrected chi connectivity index (χ1v) is 7.81. The fraction of sp³-hybridized carbons (Fsp3) is 0.600. The van der Waals surface area contributed by atoms with Gasteiger partial charge in [0.25, 0.3) is 0 Å². The van der Waals surface area contributed by atoms with Crippen LogP contribution in [0.25, 0.3) is 0 Å². The summed E-state index contributed by atoms with van der Waals surface area (Å²) >= 11 is 10.3. The fourth-order valence-corrected chi connectivity index (χ4v) is 4.00. The molecular formula is C15H20BrClO2. The highest BCUT2D eigenvalue weighted by Crippen LogP contribution is 2.54. The van der Waals surface area contributed by atoms with E-state index >= 15 is 0 Å². The van der Waals surface area contributed by atoms with Gasteiger partial charge in [0.05, 0.1) is 19.6 Å². The number of hydrogen-bond acceptors (Lipinski definition) is 2. The maximum Gasteiger partial charge on any atom is 0.141 e. The van der Waals surface area contributed by atoms with Gasteiger partial charge in [0.1, 0.15) is 16.0 Å². The molecule has 0 heterocycles. The number of methoxy groups -OCH3 is 2. The first kappa shape index (κ1) is 15.0. The molecule has 0 amide bonds. The van der Waals surface area contributed by atoms with E-state index in [1.165, 1.54) is 25.7 Å². The van der Waals surface area contributed by atoms with E-state index in [9.17, 15) is 0 Å². The van der Waals surface area contributed by atoms with E-state index in [1.54, 1.807) is 14.2 Å². The van der Waals surface area contributed by atoms with Crippen molar-refractivity contribution in [1.82, 2.24) is 0 Å². The van der Waals surface area contributed by atoms with Crippen molar-refractivity contribution in [2.75, 3.05) is 14.2 Å². The summed E-state index contributed by atoms with van der Waals surface area (Å²) in [5.74, 6) is 1.55. The summed E-state index contributed by atoms with van der Waals surface area (Å²) in [6.07, 6.45) is 4.88. The zero-order chi connectivity index (χ0) is 14.0. The van der Waals surface area contributed by atoms with Crippen molar-refractivity contribution in [2.24, 2.45) is 5.41 Å². The van der Waals surface area contributed by atoms with Gasteiger partial charge < -0.3 is 9.47 Å². The van der Waals surface area contributed by atoms with Gasteiger partial charge in [-0.1, -0.05) is 25.8 Å². The average Bonchev–Trinajstić information content (AvgIpc) is 2.85. The number of benzene rings is 1. The van der Waals surface area contributed by atoms with Crippen LogP contribution in [0.5, 0.6) is 11.5 Å². The van der Waals surface area contributed by atoms with Gasteiger partial charge in [0, 0.05) is 5.56 Å². The third-order valence-corrected chi connectivity index (χ3v) is 5.66. The third-order valence-electron chi connectivity index (χ3n) is 4.15. The summed E-state index contributed by atoms with van der Waals surface area (Å²) < 4.78 is 11.7. The predicted molar refractivity (Wildman–Crippen MR) is 82.4 cm³/mol. The summed E-state index contributed by atoms with van der Waals surface area (Å²) in [7, 11) is 3.32. The molecular weight excluding hydrogens is 328 g/mol. The Morgan fingerprint density at radius 3 is 2.37 bits per heavy atom. The van der Waals surface area contributed by atoms with E-state index in [4.69, 9.17) is 21.1 Å². The van der Waals surface area contributed by atoms with Crippen molar-refractivity contribution in [1.29, 1.82) is 0 Å². The van der Waals surface area contributed by atoms with Gasteiger partial charge in [0.2, 0.25) is 0 Å². The molecule has 19 heavy (non-hydrogen) atoms. The lowest BCUT2D eigenvalue weighted by molar-refractivity contribution is 0.311. The second-order valence-corrected chi connectivity index (χ2v) is 6.66. The Hall–Kier alpha value is -0.410. The molecule has 4 heteroatoms. The third kappa shape index (κ3) is 2.73. The Balaban J connectivity index is 2.41. The van der Waals surface area contributed by atoms with Gasteiger partial charge in [-0.3, -0.25) is 0 Å². The van der Waals surface area contributed by atoms with Crippen LogP contribution in [0.2, 0.25) is 0 Å². The van der Waals surface area contributed by atoms with Crippen LogP contribution in [-0.4, -0.2) is 14.2 Å². The molecule has 1 aliphatic rings. The summed E-state index contributed by atoms with van der Waals surface area (Å²) in [6, 6.07) is 3.96. The van der Waals surface area contributed by atoms with Crippen molar-refractivity contribution in [2.45, 2.75) is 38.0 Å². The lowest BCUT2D eigenvalue weighted by atomic mass is 9.81. The molecule has 1 aliphatic carbocycles. The maximum absolute atomic E-state index is 6.76. The van der Waals surface area contributed by atoms with Gasteiger partial charge in [-0.05, 0) is 40.3 Å². The molecule has 1 unspecified atom stereocenters. The minimum atomic E-state index is -0.0350. The largest absolute Gasteiger partial charge is 0.495 e. The summed E-state index contributed by atoms with van der Waals surface area (Å²) in [5, 5.41) is -0.0350. The maximum atomic E-state index is 6.76. The minimum absolute atomic E-state index is 0.0350. The number of rotatable bonds is 4. The van der Waals surface area contributed by atoms with Crippen LogP contribution in [0.4, 0.5) is 0 Å². The normalized spacial score (nSPS) is 19.2. The standard InChI is InChI=1S/C15H20BrClO2/c1-15(8-4-5-9-15)14(17)10-6-7-11(18-2)12(16)13(10)19-3/h6-7,14H,4-5,8-9H2,1-3H3. The Kier molecular flexibility index (Phi) is 4.67. The molecule has 1 saturated carbocycles. The molecule has 2 rings (SSSR count). The first-order valence-electron chi connectivity index (χ1n) is 6.58. The van der Waals surface area contributed by atoms with E-state index < -0.39 is 0 Å². The van der Waals surface area contributed by atoms with Crippen molar-refractivity contribution >= 4 is 27.5 Å². The molecule has 0 aliphatic heterocycles. The van der Waals surface area contributed by atoms with Crippen LogP contribution < -0.4 is 9.47 Å². The Morgan fingerprint density at radius 1 is 1.21 bits per heavy atom. The summed E-state index contributed by atoms with van der Waals surface area (Å²) in [5.41, 5.74) is 1.20. The number of alkyl halides is 1. The SMILES string of the molecule is COc1ccc(C(Cl)C2(C)CCCC2)c(OC)c1Br. The van der Waals surface area contributed by atoms with E-state index in [0.717, 1.165) is 21.5 Å². The van der Waals surface area contributed by atoms with Crippen LogP contribution in [0.3, 0.4) is 0 Å². The molecule has 0 saturated heterocycles. The van der Waals surface area contributed by atoms with Crippen molar-refractivity contribution in [3.05, 3.63) is 22.2 Å². The highest BCUT2D eigenvalue weighted by Gasteiger charge is 2.38. The quantitative estimate of drug-likeness (QED) is 0.686. The number of hydrogen-bond donors (Lipinski definition) is 0. The highest BCUT2D eigenvalue weighted by atomic mass is 79.9. The lowest BCUT2D eigenvalue weighted by Gasteiger charge is -2.31. The van der Waals surface area contributed by atoms with E-state index in [0.29, 0.717) is 0 Å².